The largest absolute Gasteiger partial charge is 0.465 e. The molecule has 2 aromatic rings. The number of hydrogen-bond donors (Lipinski definition) is 2. The number of aromatic nitrogens is 2. The van der Waals surface area contributed by atoms with E-state index in [4.69, 9.17) is 10.5 Å². The first kappa shape index (κ1) is 11.4. The van der Waals surface area contributed by atoms with Gasteiger partial charge < -0.3 is 15.5 Å². The van der Waals surface area contributed by atoms with Gasteiger partial charge in [-0.05, 0) is 24.1 Å². The lowest BCUT2D eigenvalue weighted by molar-refractivity contribution is 0.0602. The number of hydrogen-bond acceptors (Lipinski definition) is 4. The first-order valence-electron chi connectivity index (χ1n) is 5.52. The molecule has 1 aromatic carbocycles. The third-order valence-corrected chi connectivity index (χ3v) is 2.61. The topological polar surface area (TPSA) is 81.0 Å². The number of ether oxygens (including phenoxy) is 1. The zero-order valence-electron chi connectivity index (χ0n) is 9.91. The number of H-pyrrole nitrogens is 1. The lowest BCUT2D eigenvalue weighted by Crippen LogP contribution is -2.03. The highest BCUT2D eigenvalue weighted by atomic mass is 16.5. The van der Waals surface area contributed by atoms with Crippen molar-refractivity contribution in [3.63, 3.8) is 0 Å². The summed E-state index contributed by atoms with van der Waals surface area (Å²) in [5.41, 5.74) is 8.48. The van der Waals surface area contributed by atoms with Crippen LogP contribution in [0.1, 0.15) is 29.3 Å². The molecule has 3 N–H and O–H groups in total. The van der Waals surface area contributed by atoms with Crippen LogP contribution in [0.25, 0.3) is 11.0 Å². The van der Waals surface area contributed by atoms with Crippen LogP contribution < -0.4 is 5.73 Å². The van der Waals surface area contributed by atoms with Crippen LogP contribution in [0.2, 0.25) is 0 Å². The van der Waals surface area contributed by atoms with E-state index in [2.05, 4.69) is 16.9 Å². The van der Waals surface area contributed by atoms with Gasteiger partial charge in [-0.3, -0.25) is 0 Å². The van der Waals surface area contributed by atoms with Crippen LogP contribution in [0.4, 0.5) is 5.95 Å². The summed E-state index contributed by atoms with van der Waals surface area (Å²) in [6.07, 6.45) is 1.91. The number of imidazole rings is 1. The Bertz CT molecular complexity index is 560. The molecule has 17 heavy (non-hydrogen) atoms. The smallest absolute Gasteiger partial charge is 0.340 e. The molecule has 0 spiro atoms. The zero-order chi connectivity index (χ0) is 12.4. The van der Waals surface area contributed by atoms with E-state index < -0.39 is 0 Å². The maximum atomic E-state index is 11.7. The fraction of sp³-hybridized carbons (Fsp3) is 0.333. The standard InChI is InChI=1S/C12H15N3O2/c1-3-4-7-5-8(11(16)17-2)10-9(6-7)14-12(13)15-10/h5-6H,3-4H2,1-2H3,(H3,13,14,15). The normalized spacial score (nSPS) is 10.7. The van der Waals surface area contributed by atoms with Gasteiger partial charge in [0, 0.05) is 0 Å². The van der Waals surface area contributed by atoms with Gasteiger partial charge in [0.05, 0.1) is 18.2 Å². The predicted molar refractivity (Wildman–Crippen MR) is 65.8 cm³/mol. The first-order chi connectivity index (χ1) is 8.15. The Labute approximate surface area is 99.0 Å². The number of nitrogens with one attached hydrogen (secondary N) is 1. The van der Waals surface area contributed by atoms with E-state index in [1.165, 1.54) is 7.11 Å². The summed E-state index contributed by atoms with van der Waals surface area (Å²) in [7, 11) is 1.36. The third kappa shape index (κ3) is 2.08. The highest BCUT2D eigenvalue weighted by molar-refractivity contribution is 6.02. The number of carbonyl (C=O) groups is 1. The van der Waals surface area contributed by atoms with Crippen molar-refractivity contribution < 1.29 is 9.53 Å². The lowest BCUT2D eigenvalue weighted by atomic mass is 10.1. The second-order valence-electron chi connectivity index (χ2n) is 3.90. The maximum absolute atomic E-state index is 11.7. The molecule has 0 saturated carbocycles. The van der Waals surface area contributed by atoms with E-state index in [-0.39, 0.29) is 5.97 Å². The van der Waals surface area contributed by atoms with Gasteiger partial charge >= 0.3 is 5.97 Å². The van der Waals surface area contributed by atoms with Crippen LogP contribution in [0.3, 0.4) is 0 Å². The lowest BCUT2D eigenvalue weighted by Gasteiger charge is -2.04. The number of aryl methyl sites for hydroxylation is 1. The number of fused-ring (bicyclic) bond motifs is 1. The summed E-state index contributed by atoms with van der Waals surface area (Å²) in [5.74, 6) is -0.0849. The fourth-order valence-corrected chi connectivity index (χ4v) is 1.89. The average Bonchev–Trinajstić information content (AvgIpc) is 2.67. The Morgan fingerprint density at radius 2 is 2.29 bits per heavy atom. The van der Waals surface area contributed by atoms with E-state index in [1.54, 1.807) is 0 Å². The van der Waals surface area contributed by atoms with Crippen molar-refractivity contribution >= 4 is 23.0 Å². The molecule has 90 valence electrons. The average molecular weight is 233 g/mol. The van der Waals surface area contributed by atoms with E-state index in [0.717, 1.165) is 23.9 Å². The molecule has 1 aromatic heterocycles. The highest BCUT2D eigenvalue weighted by Crippen LogP contribution is 2.21. The van der Waals surface area contributed by atoms with Gasteiger partial charge in [-0.1, -0.05) is 13.3 Å². The Balaban J connectivity index is 2.64. The minimum atomic E-state index is -0.389. The van der Waals surface area contributed by atoms with Crippen LogP contribution in [0.5, 0.6) is 0 Å². The molecule has 5 heteroatoms. The third-order valence-electron chi connectivity index (χ3n) is 2.61. The quantitative estimate of drug-likeness (QED) is 0.793. The molecule has 0 unspecified atom stereocenters. The number of nitrogen functional groups attached to an aromatic ring is 1. The van der Waals surface area contributed by atoms with Crippen LogP contribution in [0, 0.1) is 0 Å². The van der Waals surface area contributed by atoms with Crippen LogP contribution >= 0.6 is 0 Å². The molecular formula is C12H15N3O2. The molecule has 0 bridgehead atoms. The molecule has 0 amide bonds. The summed E-state index contributed by atoms with van der Waals surface area (Å²) in [6.45, 7) is 2.09. The summed E-state index contributed by atoms with van der Waals surface area (Å²) >= 11 is 0. The molecule has 0 radical (unpaired) electrons. The van der Waals surface area contributed by atoms with Gasteiger partial charge in [-0.25, -0.2) is 9.78 Å². The number of carbonyl (C=O) groups excluding carboxylic acids is 1. The summed E-state index contributed by atoms with van der Waals surface area (Å²) < 4.78 is 4.75. The van der Waals surface area contributed by atoms with Gasteiger partial charge in [0.25, 0.3) is 0 Å². The van der Waals surface area contributed by atoms with Crippen molar-refractivity contribution in [2.24, 2.45) is 0 Å². The van der Waals surface area contributed by atoms with Crippen molar-refractivity contribution in [1.29, 1.82) is 0 Å². The molecule has 0 fully saturated rings. The SMILES string of the molecule is CCCc1cc(C(=O)OC)c2nc(N)[nH]c2c1. The van der Waals surface area contributed by atoms with Crippen molar-refractivity contribution in [2.75, 3.05) is 12.8 Å². The second kappa shape index (κ2) is 4.45. The molecule has 0 aliphatic rings. The molecular weight excluding hydrogens is 218 g/mol. The van der Waals surface area contributed by atoms with Gasteiger partial charge in [-0.2, -0.15) is 0 Å². The zero-order valence-corrected chi connectivity index (χ0v) is 9.91. The van der Waals surface area contributed by atoms with Crippen molar-refractivity contribution in [3.8, 4) is 0 Å². The molecule has 5 nitrogen and oxygen atoms in total. The number of esters is 1. The van der Waals surface area contributed by atoms with Gasteiger partial charge in [0.15, 0.2) is 5.95 Å². The van der Waals surface area contributed by atoms with Crippen molar-refractivity contribution in [1.82, 2.24) is 9.97 Å². The van der Waals surface area contributed by atoms with Crippen molar-refractivity contribution in [2.45, 2.75) is 19.8 Å². The van der Waals surface area contributed by atoms with E-state index in [0.29, 0.717) is 17.0 Å². The number of aromatic amines is 1. The molecule has 0 saturated heterocycles. The number of methoxy groups -OCH3 is 1. The predicted octanol–water partition coefficient (Wildman–Crippen LogP) is 1.88. The summed E-state index contributed by atoms with van der Waals surface area (Å²) in [6, 6.07) is 3.78. The molecule has 0 aliphatic carbocycles. The number of anilines is 1. The van der Waals surface area contributed by atoms with Gasteiger partial charge in [-0.15, -0.1) is 0 Å². The second-order valence-corrected chi connectivity index (χ2v) is 3.90. The Hall–Kier alpha value is -2.04. The minimum absolute atomic E-state index is 0.304. The van der Waals surface area contributed by atoms with Crippen molar-refractivity contribution in [3.05, 3.63) is 23.3 Å². The minimum Gasteiger partial charge on any atom is -0.465 e. The number of rotatable bonds is 3. The first-order valence-corrected chi connectivity index (χ1v) is 5.52. The van der Waals surface area contributed by atoms with Gasteiger partial charge in [0.2, 0.25) is 0 Å². The Kier molecular flexibility index (Phi) is 2.99. The molecule has 1 heterocycles. The van der Waals surface area contributed by atoms with Crippen LogP contribution in [-0.2, 0) is 11.2 Å². The summed E-state index contributed by atoms with van der Waals surface area (Å²) in [4.78, 5) is 18.7. The van der Waals surface area contributed by atoms with E-state index in [9.17, 15) is 4.79 Å². The Morgan fingerprint density at radius 1 is 1.53 bits per heavy atom. The van der Waals surface area contributed by atoms with E-state index in [1.807, 2.05) is 12.1 Å². The van der Waals surface area contributed by atoms with Crippen LogP contribution in [-0.4, -0.2) is 23.0 Å². The molecule has 0 atom stereocenters. The molecule has 2 rings (SSSR count). The van der Waals surface area contributed by atoms with Crippen LogP contribution in [0.15, 0.2) is 12.1 Å². The van der Waals surface area contributed by atoms with Gasteiger partial charge in [0.1, 0.15) is 5.52 Å². The summed E-state index contributed by atoms with van der Waals surface area (Å²) in [5, 5.41) is 0. The monoisotopic (exact) mass is 233 g/mol. The van der Waals surface area contributed by atoms with E-state index >= 15 is 0 Å². The maximum Gasteiger partial charge on any atom is 0.340 e. The number of nitrogens with two attached hydrogens (primary N) is 1. The molecule has 0 aliphatic heterocycles. The fourth-order valence-electron chi connectivity index (χ4n) is 1.89. The highest BCUT2D eigenvalue weighted by Gasteiger charge is 2.15. The number of benzene rings is 1. The number of nitrogens with zero attached hydrogens (tertiary/aromatic N) is 1. The Morgan fingerprint density at radius 3 is 2.94 bits per heavy atom.